The molecule has 0 saturated heterocycles. The number of fused-ring (bicyclic) bond motifs is 12. The zero-order valence-electron chi connectivity index (χ0n) is 34.7. The van der Waals surface area contributed by atoms with Crippen molar-refractivity contribution in [3.8, 4) is 33.9 Å². The lowest BCUT2D eigenvalue weighted by molar-refractivity contribution is 1.17. The molecule has 0 unspecified atom stereocenters. The Bertz CT molecular complexity index is 4180. The van der Waals surface area contributed by atoms with Crippen LogP contribution in [0.15, 0.2) is 231 Å². The highest BCUT2D eigenvalue weighted by Gasteiger charge is 2.22. The lowest BCUT2D eigenvalue weighted by atomic mass is 10.0. The molecule has 0 atom stereocenters. The van der Waals surface area contributed by atoms with E-state index in [1.54, 1.807) is 0 Å². The molecule has 4 heterocycles. The van der Waals surface area contributed by atoms with E-state index < -0.39 is 0 Å². The number of para-hydroxylation sites is 7. The molecule has 4 heteroatoms. The fraction of sp³-hybridized carbons (Fsp3) is 0. The molecule has 0 aliphatic rings. The van der Waals surface area contributed by atoms with Gasteiger partial charge < -0.3 is 18.3 Å². The summed E-state index contributed by atoms with van der Waals surface area (Å²) >= 11 is 0. The first-order chi connectivity index (χ1) is 31.8. The monoisotopic (exact) mass is 814 g/mol. The van der Waals surface area contributed by atoms with Crippen LogP contribution in [0.25, 0.3) is 121 Å². The minimum absolute atomic E-state index is 1.13. The summed E-state index contributed by atoms with van der Waals surface area (Å²) in [5.41, 5.74) is 16.5. The number of benzene rings is 10. The second-order valence-electron chi connectivity index (χ2n) is 16.9. The molecule has 0 aliphatic heterocycles. The maximum Gasteiger partial charge on any atom is 0.0549 e. The molecule has 14 aromatic rings. The Kier molecular flexibility index (Phi) is 7.36. The summed E-state index contributed by atoms with van der Waals surface area (Å²) in [6.45, 7) is 0. The highest BCUT2D eigenvalue weighted by molar-refractivity contribution is 6.20. The van der Waals surface area contributed by atoms with Gasteiger partial charge in [0.25, 0.3) is 0 Å². The third kappa shape index (κ3) is 4.93. The Morgan fingerprint density at radius 2 is 0.547 bits per heavy atom. The molecule has 0 fully saturated rings. The summed E-state index contributed by atoms with van der Waals surface area (Å²) in [5.74, 6) is 0. The topological polar surface area (TPSA) is 19.7 Å². The SMILES string of the molecule is c1ccc(-n2c3ccccc3c3cc4c(cc32)c2ccccc2n4-c2cccc(-c3ccccc3-n3c4ccccc4c4cc5c(cc43)c3ccccc3n5-c3ccccc3)c2)cc1. The summed E-state index contributed by atoms with van der Waals surface area (Å²) in [4.78, 5) is 0. The minimum atomic E-state index is 1.13. The van der Waals surface area contributed by atoms with E-state index in [1.807, 2.05) is 0 Å². The van der Waals surface area contributed by atoms with Gasteiger partial charge in [0.05, 0.1) is 49.8 Å². The van der Waals surface area contributed by atoms with E-state index in [2.05, 4.69) is 249 Å². The van der Waals surface area contributed by atoms with Crippen molar-refractivity contribution in [2.24, 2.45) is 0 Å². The molecule has 14 rings (SSSR count). The molecule has 0 aliphatic carbocycles. The van der Waals surface area contributed by atoms with Gasteiger partial charge in [-0.05, 0) is 96.6 Å². The van der Waals surface area contributed by atoms with Crippen molar-refractivity contribution in [3.05, 3.63) is 231 Å². The Labute approximate surface area is 368 Å². The van der Waals surface area contributed by atoms with Crippen molar-refractivity contribution in [1.82, 2.24) is 18.3 Å². The Hall–Kier alpha value is -8.60. The van der Waals surface area contributed by atoms with Crippen LogP contribution in [-0.4, -0.2) is 18.3 Å². The van der Waals surface area contributed by atoms with E-state index in [0.717, 1.165) is 28.3 Å². The second-order valence-corrected chi connectivity index (χ2v) is 16.9. The van der Waals surface area contributed by atoms with E-state index >= 15 is 0 Å². The van der Waals surface area contributed by atoms with Gasteiger partial charge in [-0.25, -0.2) is 0 Å². The van der Waals surface area contributed by atoms with Crippen LogP contribution in [-0.2, 0) is 0 Å². The fourth-order valence-corrected chi connectivity index (χ4v) is 10.8. The molecule has 0 radical (unpaired) electrons. The summed E-state index contributed by atoms with van der Waals surface area (Å²) in [7, 11) is 0. The van der Waals surface area contributed by atoms with E-state index in [4.69, 9.17) is 0 Å². The fourth-order valence-electron chi connectivity index (χ4n) is 10.8. The van der Waals surface area contributed by atoms with Crippen molar-refractivity contribution in [1.29, 1.82) is 0 Å². The van der Waals surface area contributed by atoms with Crippen molar-refractivity contribution >= 4 is 87.2 Å². The molecule has 4 aromatic heterocycles. The van der Waals surface area contributed by atoms with E-state index in [9.17, 15) is 0 Å². The number of aromatic nitrogens is 4. The van der Waals surface area contributed by atoms with Gasteiger partial charge in [-0.3, -0.25) is 0 Å². The first-order valence-electron chi connectivity index (χ1n) is 22.0. The lowest BCUT2D eigenvalue weighted by Gasteiger charge is -2.16. The van der Waals surface area contributed by atoms with Gasteiger partial charge in [-0.15, -0.1) is 0 Å². The summed E-state index contributed by atoms with van der Waals surface area (Å²) in [6.07, 6.45) is 0. The van der Waals surface area contributed by atoms with Gasteiger partial charge in [-0.1, -0.05) is 140 Å². The molecule has 298 valence electrons. The zero-order chi connectivity index (χ0) is 41.9. The minimum Gasteiger partial charge on any atom is -0.309 e. The Morgan fingerprint density at radius 1 is 0.203 bits per heavy atom. The van der Waals surface area contributed by atoms with Crippen LogP contribution in [0.3, 0.4) is 0 Å². The number of nitrogens with zero attached hydrogens (tertiary/aromatic N) is 4. The van der Waals surface area contributed by atoms with Crippen LogP contribution in [0.4, 0.5) is 0 Å². The van der Waals surface area contributed by atoms with Gasteiger partial charge in [0.15, 0.2) is 0 Å². The molecule has 4 nitrogen and oxygen atoms in total. The number of hydrogen-bond donors (Lipinski definition) is 0. The maximum absolute atomic E-state index is 2.49. The van der Waals surface area contributed by atoms with Crippen LogP contribution in [0.1, 0.15) is 0 Å². The van der Waals surface area contributed by atoms with Crippen LogP contribution in [0.2, 0.25) is 0 Å². The van der Waals surface area contributed by atoms with Crippen LogP contribution >= 0.6 is 0 Å². The molecule has 64 heavy (non-hydrogen) atoms. The maximum atomic E-state index is 2.49. The van der Waals surface area contributed by atoms with Crippen molar-refractivity contribution in [3.63, 3.8) is 0 Å². The standard InChI is InChI=1S/C60H38N4/c1-3-19-40(20-4-1)61-53-30-13-8-25-44(53)48-36-59-49(35-57(48)61)46-27-10-15-32-55(46)63(59)42-23-17-18-39(34-42)43-24-7-12-29-52(43)64-56-33-16-11-28-47(56)51-37-58-50(38-60(51)64)45-26-9-14-31-54(45)62(58)41-21-5-2-6-22-41/h1-38H. The quantitative estimate of drug-likeness (QED) is 0.165. The predicted molar refractivity (Wildman–Crippen MR) is 269 cm³/mol. The highest BCUT2D eigenvalue weighted by Crippen LogP contribution is 2.43. The molecular formula is C60H38N4. The predicted octanol–water partition coefficient (Wildman–Crippen LogP) is 15.7. The third-order valence-electron chi connectivity index (χ3n) is 13.5. The van der Waals surface area contributed by atoms with E-state index in [0.29, 0.717) is 0 Å². The molecule has 10 aromatic carbocycles. The van der Waals surface area contributed by atoms with Crippen LogP contribution < -0.4 is 0 Å². The summed E-state index contributed by atoms with van der Waals surface area (Å²) in [5, 5.41) is 9.91. The molecule has 0 amide bonds. The van der Waals surface area contributed by atoms with E-state index in [-0.39, 0.29) is 0 Å². The smallest absolute Gasteiger partial charge is 0.0549 e. The van der Waals surface area contributed by atoms with Crippen LogP contribution in [0.5, 0.6) is 0 Å². The molecular weight excluding hydrogens is 777 g/mol. The van der Waals surface area contributed by atoms with Crippen molar-refractivity contribution in [2.45, 2.75) is 0 Å². The molecule has 0 N–H and O–H groups in total. The first kappa shape index (κ1) is 35.0. The average Bonchev–Trinajstić information content (AvgIpc) is 4.07. The van der Waals surface area contributed by atoms with Gasteiger partial charge in [0.2, 0.25) is 0 Å². The largest absolute Gasteiger partial charge is 0.309 e. The average molecular weight is 815 g/mol. The Balaban J connectivity index is 0.997. The molecule has 0 saturated carbocycles. The van der Waals surface area contributed by atoms with Gasteiger partial charge >= 0.3 is 0 Å². The second kappa shape index (κ2) is 13.4. The van der Waals surface area contributed by atoms with Crippen LogP contribution in [0, 0.1) is 0 Å². The van der Waals surface area contributed by atoms with Gasteiger partial charge in [0, 0.05) is 65.7 Å². The normalized spacial score (nSPS) is 12.1. The highest BCUT2D eigenvalue weighted by atomic mass is 15.0. The molecule has 0 spiro atoms. The summed E-state index contributed by atoms with van der Waals surface area (Å²) < 4.78 is 9.77. The number of rotatable bonds is 5. The van der Waals surface area contributed by atoms with Gasteiger partial charge in [-0.2, -0.15) is 0 Å². The lowest BCUT2D eigenvalue weighted by Crippen LogP contribution is -1.98. The first-order valence-corrected chi connectivity index (χ1v) is 22.0. The van der Waals surface area contributed by atoms with Crippen molar-refractivity contribution < 1.29 is 0 Å². The number of hydrogen-bond acceptors (Lipinski definition) is 0. The zero-order valence-corrected chi connectivity index (χ0v) is 34.7. The third-order valence-corrected chi connectivity index (χ3v) is 13.5. The van der Waals surface area contributed by atoms with E-state index in [1.165, 1.54) is 92.8 Å². The Morgan fingerprint density at radius 3 is 1.02 bits per heavy atom. The molecule has 0 bridgehead atoms. The van der Waals surface area contributed by atoms with Crippen molar-refractivity contribution in [2.75, 3.05) is 0 Å². The van der Waals surface area contributed by atoms with Gasteiger partial charge in [0.1, 0.15) is 0 Å². The summed E-state index contributed by atoms with van der Waals surface area (Å²) in [6, 6.07) is 84.5.